The second-order valence-electron chi connectivity index (χ2n) is 4.16. The highest BCUT2D eigenvalue weighted by Gasteiger charge is 2.32. The highest BCUT2D eigenvalue weighted by molar-refractivity contribution is 8.12. The first-order chi connectivity index (χ1) is 5.29. The summed E-state index contributed by atoms with van der Waals surface area (Å²) in [5.74, 6) is 0. The van der Waals surface area contributed by atoms with Crippen molar-refractivity contribution in [2.45, 2.75) is 39.2 Å². The van der Waals surface area contributed by atoms with Crippen LogP contribution in [0.4, 0.5) is 0 Å². The Labute approximate surface area is 78.0 Å². The molecular weight excluding hydrogens is 198 g/mol. The average molecular weight is 212 g/mol. The van der Waals surface area contributed by atoms with Crippen LogP contribution in [0, 0.1) is 5.41 Å². The predicted molar refractivity (Wildman–Crippen MR) is 49.3 cm³/mol. The van der Waals surface area contributed by atoms with Gasteiger partial charge in [0, 0.05) is 16.7 Å². The van der Waals surface area contributed by atoms with Gasteiger partial charge in [0.15, 0.2) is 0 Å². The van der Waals surface area contributed by atoms with Crippen LogP contribution >= 0.6 is 10.7 Å². The maximum atomic E-state index is 10.7. The van der Waals surface area contributed by atoms with Crippen molar-refractivity contribution in [3.05, 3.63) is 0 Å². The van der Waals surface area contributed by atoms with E-state index in [0.717, 1.165) is 19.3 Å². The molecule has 0 amide bonds. The molecule has 0 spiro atoms. The summed E-state index contributed by atoms with van der Waals surface area (Å²) in [4.78, 5) is 0. The van der Waals surface area contributed by atoms with Crippen LogP contribution in [0.3, 0.4) is 0 Å². The van der Waals surface area contributed by atoms with Gasteiger partial charge in [-0.05, 0) is 24.7 Å². The third kappa shape index (κ3) is 3.29. The summed E-state index contributed by atoms with van der Waals surface area (Å²) in [6.07, 6.45) is 2.81. The maximum Gasteiger partial charge on any atom is 0.297 e. The Bertz CT molecular complexity index is 261. The van der Waals surface area contributed by atoms with E-state index in [1.54, 1.807) is 0 Å². The lowest BCUT2D eigenvalue weighted by Crippen LogP contribution is -2.30. The molecule has 1 fully saturated rings. The number of halogens is 1. The van der Waals surface area contributed by atoms with Crippen LogP contribution in [-0.4, -0.2) is 14.5 Å². The van der Waals surface area contributed by atoms with Gasteiger partial charge in [-0.25, -0.2) is 0 Å². The second kappa shape index (κ2) is 3.16. The standard InChI is InChI=1S/C7H14ClNO2S/c1-7(2)4-3-6(5-7)9-12(8,10)11/h6,9H,3-5H2,1-2H3. The fraction of sp³-hybridized carbons (Fsp3) is 1.00. The minimum absolute atomic E-state index is 0.0301. The number of hydrogen-bond donors (Lipinski definition) is 1. The minimum atomic E-state index is -3.54. The molecule has 1 atom stereocenters. The topological polar surface area (TPSA) is 46.2 Å². The highest BCUT2D eigenvalue weighted by atomic mass is 35.7. The first kappa shape index (κ1) is 10.3. The molecule has 1 aliphatic rings. The molecule has 0 aromatic heterocycles. The van der Waals surface area contributed by atoms with Gasteiger partial charge >= 0.3 is 0 Å². The summed E-state index contributed by atoms with van der Waals surface area (Å²) in [6, 6.07) is 0.0301. The molecule has 12 heavy (non-hydrogen) atoms. The molecule has 0 aliphatic heterocycles. The Balaban J connectivity index is 2.49. The lowest BCUT2D eigenvalue weighted by molar-refractivity contribution is 0.373. The van der Waals surface area contributed by atoms with Crippen molar-refractivity contribution in [2.75, 3.05) is 0 Å². The van der Waals surface area contributed by atoms with E-state index in [0.29, 0.717) is 0 Å². The van der Waals surface area contributed by atoms with Gasteiger partial charge in [0.05, 0.1) is 0 Å². The van der Waals surface area contributed by atoms with Gasteiger partial charge in [-0.15, -0.1) is 0 Å². The summed E-state index contributed by atoms with van der Waals surface area (Å²) in [6.45, 7) is 4.27. The Morgan fingerprint density at radius 3 is 2.42 bits per heavy atom. The van der Waals surface area contributed by atoms with Crippen LogP contribution in [0.2, 0.25) is 0 Å². The summed E-state index contributed by atoms with van der Waals surface area (Å²) in [5.41, 5.74) is 0.249. The molecule has 0 radical (unpaired) electrons. The van der Waals surface area contributed by atoms with E-state index in [4.69, 9.17) is 10.7 Å². The van der Waals surface area contributed by atoms with Crippen LogP contribution in [0.15, 0.2) is 0 Å². The molecule has 0 heterocycles. The van der Waals surface area contributed by atoms with Gasteiger partial charge in [-0.3, -0.25) is 0 Å². The minimum Gasteiger partial charge on any atom is -0.199 e. The molecule has 72 valence electrons. The molecule has 0 saturated heterocycles. The Kier molecular flexibility index (Phi) is 2.71. The molecular formula is C7H14ClNO2S. The maximum absolute atomic E-state index is 10.7. The van der Waals surface area contributed by atoms with Gasteiger partial charge in [0.25, 0.3) is 9.24 Å². The van der Waals surface area contributed by atoms with E-state index >= 15 is 0 Å². The lowest BCUT2D eigenvalue weighted by atomic mass is 9.92. The van der Waals surface area contributed by atoms with E-state index in [-0.39, 0.29) is 11.5 Å². The van der Waals surface area contributed by atoms with Crippen LogP contribution in [0.25, 0.3) is 0 Å². The molecule has 0 aromatic rings. The van der Waals surface area contributed by atoms with Crippen molar-refractivity contribution >= 4 is 19.9 Å². The number of rotatable bonds is 2. The number of hydrogen-bond acceptors (Lipinski definition) is 2. The second-order valence-corrected chi connectivity index (χ2v) is 6.49. The summed E-state index contributed by atoms with van der Waals surface area (Å²) in [7, 11) is 1.53. The fourth-order valence-corrected chi connectivity index (χ4v) is 2.71. The number of nitrogens with one attached hydrogen (secondary N) is 1. The third-order valence-electron chi connectivity index (χ3n) is 2.28. The Morgan fingerprint density at radius 1 is 1.50 bits per heavy atom. The van der Waals surface area contributed by atoms with Crippen LogP contribution < -0.4 is 4.72 Å². The molecule has 1 unspecified atom stereocenters. The van der Waals surface area contributed by atoms with E-state index in [1.165, 1.54) is 0 Å². The van der Waals surface area contributed by atoms with Crippen molar-refractivity contribution in [1.29, 1.82) is 0 Å². The van der Waals surface area contributed by atoms with Crippen molar-refractivity contribution in [3.8, 4) is 0 Å². The van der Waals surface area contributed by atoms with E-state index in [9.17, 15) is 8.42 Å². The first-order valence-corrected chi connectivity index (χ1v) is 6.31. The normalized spacial score (nSPS) is 29.1. The molecule has 0 bridgehead atoms. The molecule has 5 heteroatoms. The zero-order valence-electron chi connectivity index (χ0n) is 7.30. The zero-order chi connectivity index (χ0) is 9.41. The van der Waals surface area contributed by atoms with Gasteiger partial charge in [-0.2, -0.15) is 13.1 Å². The Hall–Kier alpha value is 0.200. The third-order valence-corrected chi connectivity index (χ3v) is 3.16. The first-order valence-electron chi connectivity index (χ1n) is 4.00. The Morgan fingerprint density at radius 2 is 2.08 bits per heavy atom. The molecule has 1 N–H and O–H groups in total. The zero-order valence-corrected chi connectivity index (χ0v) is 8.87. The van der Waals surface area contributed by atoms with Gasteiger partial charge in [0.2, 0.25) is 0 Å². The van der Waals surface area contributed by atoms with E-state index in [2.05, 4.69) is 18.6 Å². The molecule has 0 aromatic carbocycles. The van der Waals surface area contributed by atoms with Crippen LogP contribution in [0.1, 0.15) is 33.1 Å². The van der Waals surface area contributed by atoms with Crippen molar-refractivity contribution in [1.82, 2.24) is 4.72 Å². The molecule has 1 saturated carbocycles. The fourth-order valence-electron chi connectivity index (χ4n) is 1.74. The summed E-state index contributed by atoms with van der Waals surface area (Å²) >= 11 is 0. The summed E-state index contributed by atoms with van der Waals surface area (Å²) in [5, 5.41) is 0. The summed E-state index contributed by atoms with van der Waals surface area (Å²) < 4.78 is 23.7. The van der Waals surface area contributed by atoms with Crippen LogP contribution in [0.5, 0.6) is 0 Å². The van der Waals surface area contributed by atoms with E-state index in [1.807, 2.05) is 0 Å². The van der Waals surface area contributed by atoms with Crippen molar-refractivity contribution < 1.29 is 8.42 Å². The largest absolute Gasteiger partial charge is 0.297 e. The average Bonchev–Trinajstić information content (AvgIpc) is 2.05. The van der Waals surface area contributed by atoms with Gasteiger partial charge < -0.3 is 0 Å². The monoisotopic (exact) mass is 211 g/mol. The highest BCUT2D eigenvalue weighted by Crippen LogP contribution is 2.37. The van der Waals surface area contributed by atoms with Gasteiger partial charge in [-0.1, -0.05) is 13.8 Å². The van der Waals surface area contributed by atoms with E-state index < -0.39 is 9.24 Å². The molecule has 3 nitrogen and oxygen atoms in total. The van der Waals surface area contributed by atoms with Crippen LogP contribution in [-0.2, 0) is 9.24 Å². The predicted octanol–water partition coefficient (Wildman–Crippen LogP) is 1.64. The molecule has 1 rings (SSSR count). The van der Waals surface area contributed by atoms with Crippen molar-refractivity contribution in [2.24, 2.45) is 5.41 Å². The lowest BCUT2D eigenvalue weighted by Gasteiger charge is -2.16. The molecule has 1 aliphatic carbocycles. The quantitative estimate of drug-likeness (QED) is 0.706. The van der Waals surface area contributed by atoms with Gasteiger partial charge in [0.1, 0.15) is 0 Å². The SMILES string of the molecule is CC1(C)CCC(NS(=O)(=O)Cl)C1. The van der Waals surface area contributed by atoms with Crippen molar-refractivity contribution in [3.63, 3.8) is 0 Å². The smallest absolute Gasteiger partial charge is 0.199 e.